The molecule has 1 aliphatic carbocycles. The maximum Gasteiger partial charge on any atom is 0.328 e. The molecule has 0 aromatic carbocycles. The average Bonchev–Trinajstić information content (AvgIpc) is 2.49. The molecule has 1 aromatic rings. The number of carboxylic acids is 1. The third-order valence-electron chi connectivity index (χ3n) is 2.62. The first-order chi connectivity index (χ1) is 6.55. The van der Waals surface area contributed by atoms with Crippen LogP contribution >= 0.6 is 15.9 Å². The number of aliphatic carboxylic acids is 1. The van der Waals surface area contributed by atoms with E-state index in [0.29, 0.717) is 16.6 Å². The van der Waals surface area contributed by atoms with Gasteiger partial charge in [0.2, 0.25) is 0 Å². The molecule has 0 saturated carbocycles. The maximum absolute atomic E-state index is 11.1. The van der Waals surface area contributed by atoms with Crippen molar-refractivity contribution in [3.8, 4) is 0 Å². The van der Waals surface area contributed by atoms with Crippen LogP contribution in [0.15, 0.2) is 4.60 Å². The molecule has 0 spiro atoms. The minimum atomic E-state index is -1.29. The number of carboxylic acid groups (broad SMARTS) is 1. The van der Waals surface area contributed by atoms with Crippen LogP contribution in [-0.4, -0.2) is 21.3 Å². The zero-order valence-corrected chi connectivity index (χ0v) is 8.97. The van der Waals surface area contributed by atoms with E-state index < -0.39 is 11.5 Å². The van der Waals surface area contributed by atoms with Crippen LogP contribution in [0.2, 0.25) is 0 Å². The molecule has 0 saturated heterocycles. The Labute approximate surface area is 88.8 Å². The monoisotopic (exact) mass is 259 g/mol. The number of hydrogen-bond donors (Lipinski definition) is 3. The van der Waals surface area contributed by atoms with Crippen molar-refractivity contribution in [1.29, 1.82) is 0 Å². The number of nitrogens with two attached hydrogens (primary N) is 1. The van der Waals surface area contributed by atoms with E-state index in [1.165, 1.54) is 0 Å². The first-order valence-electron chi connectivity index (χ1n) is 4.31. The lowest BCUT2D eigenvalue weighted by Crippen LogP contribution is -2.47. The second-order valence-electron chi connectivity index (χ2n) is 3.50. The first-order valence-corrected chi connectivity index (χ1v) is 5.10. The van der Waals surface area contributed by atoms with E-state index in [1.807, 2.05) is 0 Å². The predicted octanol–water partition coefficient (Wildman–Crippen LogP) is 0.747. The number of carbonyl (C=O) groups is 1. The summed E-state index contributed by atoms with van der Waals surface area (Å²) in [6, 6.07) is 0. The lowest BCUT2D eigenvalue weighted by molar-refractivity contribution is -0.144. The van der Waals surface area contributed by atoms with Crippen LogP contribution in [0.4, 0.5) is 0 Å². The van der Waals surface area contributed by atoms with E-state index in [1.54, 1.807) is 0 Å². The maximum atomic E-state index is 11.1. The van der Waals surface area contributed by atoms with Gasteiger partial charge in [-0.3, -0.25) is 5.10 Å². The average molecular weight is 260 g/mol. The Morgan fingerprint density at radius 2 is 2.43 bits per heavy atom. The van der Waals surface area contributed by atoms with Gasteiger partial charge in [0.1, 0.15) is 10.1 Å². The van der Waals surface area contributed by atoms with Crippen molar-refractivity contribution in [2.45, 2.75) is 24.8 Å². The fraction of sp³-hybridized carbons (Fsp3) is 0.500. The molecule has 14 heavy (non-hydrogen) atoms. The van der Waals surface area contributed by atoms with Crippen molar-refractivity contribution < 1.29 is 9.90 Å². The number of aromatic nitrogens is 2. The second kappa shape index (κ2) is 3.06. The molecule has 6 heteroatoms. The Hall–Kier alpha value is -0.880. The van der Waals surface area contributed by atoms with Crippen LogP contribution < -0.4 is 5.73 Å². The molecule has 5 nitrogen and oxygen atoms in total. The third kappa shape index (κ3) is 1.18. The first kappa shape index (κ1) is 9.67. The summed E-state index contributed by atoms with van der Waals surface area (Å²) in [7, 11) is 0. The topological polar surface area (TPSA) is 92.0 Å². The van der Waals surface area contributed by atoms with Gasteiger partial charge in [-0.05, 0) is 35.2 Å². The molecule has 1 aromatic heterocycles. The van der Waals surface area contributed by atoms with Gasteiger partial charge in [-0.15, -0.1) is 0 Å². The summed E-state index contributed by atoms with van der Waals surface area (Å²) in [4.78, 5) is 11.1. The number of fused-ring (bicyclic) bond motifs is 1. The fourth-order valence-corrected chi connectivity index (χ4v) is 2.55. The normalized spacial score (nSPS) is 25.9. The van der Waals surface area contributed by atoms with Crippen LogP contribution in [-0.2, 0) is 16.8 Å². The van der Waals surface area contributed by atoms with E-state index in [9.17, 15) is 4.79 Å². The summed E-state index contributed by atoms with van der Waals surface area (Å²) in [5.74, 6) is -0.999. The molecule has 0 aliphatic heterocycles. The fourth-order valence-electron chi connectivity index (χ4n) is 1.87. The van der Waals surface area contributed by atoms with Crippen LogP contribution in [0.5, 0.6) is 0 Å². The number of aryl methyl sites for hydroxylation is 1. The molecule has 0 bridgehead atoms. The van der Waals surface area contributed by atoms with Crippen LogP contribution in [0.1, 0.15) is 24.1 Å². The highest BCUT2D eigenvalue weighted by Gasteiger charge is 2.43. The van der Waals surface area contributed by atoms with Crippen LogP contribution in [0.3, 0.4) is 0 Å². The molecular formula is C8H10BrN3O2. The summed E-state index contributed by atoms with van der Waals surface area (Å²) in [5.41, 5.74) is 6.00. The highest BCUT2D eigenvalue weighted by molar-refractivity contribution is 9.10. The number of nitrogens with one attached hydrogen (secondary N) is 1. The van der Waals surface area contributed by atoms with E-state index >= 15 is 0 Å². The lowest BCUT2D eigenvalue weighted by atomic mass is 9.81. The molecule has 1 unspecified atom stereocenters. The van der Waals surface area contributed by atoms with Crippen molar-refractivity contribution in [2.75, 3.05) is 0 Å². The highest BCUT2D eigenvalue weighted by atomic mass is 79.9. The molecule has 1 aliphatic rings. The van der Waals surface area contributed by atoms with Crippen molar-refractivity contribution in [2.24, 2.45) is 5.73 Å². The zero-order valence-electron chi connectivity index (χ0n) is 7.38. The van der Waals surface area contributed by atoms with Gasteiger partial charge in [-0.2, -0.15) is 5.10 Å². The van der Waals surface area contributed by atoms with Gasteiger partial charge in [-0.25, -0.2) is 4.79 Å². The van der Waals surface area contributed by atoms with Gasteiger partial charge < -0.3 is 10.8 Å². The van der Waals surface area contributed by atoms with Gasteiger partial charge in [-0.1, -0.05) is 0 Å². The lowest BCUT2D eigenvalue weighted by Gasteiger charge is -2.29. The van der Waals surface area contributed by atoms with Gasteiger partial charge >= 0.3 is 5.97 Å². The number of hydrogen-bond acceptors (Lipinski definition) is 3. The quantitative estimate of drug-likeness (QED) is 0.694. The van der Waals surface area contributed by atoms with Crippen LogP contribution in [0, 0.1) is 0 Å². The van der Waals surface area contributed by atoms with Crippen molar-refractivity contribution in [1.82, 2.24) is 10.2 Å². The highest BCUT2D eigenvalue weighted by Crippen LogP contribution is 2.36. The Morgan fingerprint density at radius 3 is 3.07 bits per heavy atom. The van der Waals surface area contributed by atoms with E-state index in [4.69, 9.17) is 10.8 Å². The van der Waals surface area contributed by atoms with Gasteiger partial charge in [0.15, 0.2) is 0 Å². The molecule has 2 rings (SSSR count). The summed E-state index contributed by atoms with van der Waals surface area (Å²) >= 11 is 3.21. The Balaban J connectivity index is 2.59. The number of rotatable bonds is 1. The van der Waals surface area contributed by atoms with Gasteiger partial charge in [0.25, 0.3) is 0 Å². The number of halogens is 1. The minimum absolute atomic E-state index is 0.452. The predicted molar refractivity (Wildman–Crippen MR) is 52.7 cm³/mol. The number of aromatic amines is 1. The Morgan fingerprint density at radius 1 is 1.71 bits per heavy atom. The van der Waals surface area contributed by atoms with E-state index in [2.05, 4.69) is 26.1 Å². The molecule has 0 fully saturated rings. The number of nitrogens with zero attached hydrogens (tertiary/aromatic N) is 1. The van der Waals surface area contributed by atoms with Gasteiger partial charge in [0.05, 0.1) is 0 Å². The molecule has 4 N–H and O–H groups in total. The largest absolute Gasteiger partial charge is 0.480 e. The molecular weight excluding hydrogens is 250 g/mol. The zero-order chi connectivity index (χ0) is 10.3. The van der Waals surface area contributed by atoms with Crippen molar-refractivity contribution in [3.05, 3.63) is 15.9 Å². The number of H-pyrrole nitrogens is 1. The summed E-state index contributed by atoms with van der Waals surface area (Å²) < 4.78 is 0.511. The standard InChI is InChI=1S/C8H10BrN3O2/c9-6-5-4(11-12-6)2-1-3-8(5,10)7(13)14/h1-3,10H2,(H,11,12)(H,13,14). The summed E-state index contributed by atoms with van der Waals surface area (Å²) in [5, 5.41) is 15.8. The van der Waals surface area contributed by atoms with Crippen molar-refractivity contribution in [3.63, 3.8) is 0 Å². The molecule has 76 valence electrons. The molecule has 1 atom stereocenters. The Kier molecular flexibility index (Phi) is 2.11. The van der Waals surface area contributed by atoms with Crippen LogP contribution in [0.25, 0.3) is 0 Å². The Bertz CT molecular complexity index is 390. The molecule has 1 heterocycles. The minimum Gasteiger partial charge on any atom is -0.480 e. The summed E-state index contributed by atoms with van der Waals surface area (Å²) in [6.07, 6.45) is 2.03. The van der Waals surface area contributed by atoms with Gasteiger partial charge in [0, 0.05) is 11.3 Å². The third-order valence-corrected chi connectivity index (χ3v) is 3.20. The molecule has 0 radical (unpaired) electrons. The SMILES string of the molecule is NC1(C(=O)O)CCCc2[nH]nc(Br)c21. The van der Waals surface area contributed by atoms with Crippen molar-refractivity contribution >= 4 is 21.9 Å². The van der Waals surface area contributed by atoms with E-state index in [-0.39, 0.29) is 0 Å². The molecule has 0 amide bonds. The van der Waals surface area contributed by atoms with E-state index in [0.717, 1.165) is 18.5 Å². The summed E-state index contributed by atoms with van der Waals surface area (Å²) in [6.45, 7) is 0. The smallest absolute Gasteiger partial charge is 0.328 e. The second-order valence-corrected chi connectivity index (χ2v) is 4.25.